The molecule has 0 aliphatic heterocycles. The van der Waals surface area contributed by atoms with Crippen molar-refractivity contribution in [3.05, 3.63) is 36.9 Å². The number of ether oxygens (including phenoxy) is 1. The van der Waals surface area contributed by atoms with E-state index in [0.717, 1.165) is 21.0 Å². The third kappa shape index (κ3) is 3.61. The SMILES string of the molecule is COCCNC(c1ccc(Br)s1)c1nc(C)cs1. The molecular formula is C12H15BrN2OS2. The fourth-order valence-corrected chi connectivity index (χ4v) is 4.07. The van der Waals surface area contributed by atoms with Crippen molar-refractivity contribution in [1.29, 1.82) is 0 Å². The van der Waals surface area contributed by atoms with Gasteiger partial charge in [-0.05, 0) is 35.0 Å². The average Bonchev–Trinajstić information content (AvgIpc) is 2.94. The van der Waals surface area contributed by atoms with Crippen molar-refractivity contribution in [3.63, 3.8) is 0 Å². The van der Waals surface area contributed by atoms with Crippen LogP contribution in [0, 0.1) is 6.92 Å². The van der Waals surface area contributed by atoms with Crippen LogP contribution >= 0.6 is 38.6 Å². The number of hydrogen-bond acceptors (Lipinski definition) is 5. The normalized spacial score (nSPS) is 12.8. The first-order valence-corrected chi connectivity index (χ1v) is 8.09. The highest BCUT2D eigenvalue weighted by molar-refractivity contribution is 9.11. The lowest BCUT2D eigenvalue weighted by Crippen LogP contribution is -2.25. The van der Waals surface area contributed by atoms with E-state index in [9.17, 15) is 0 Å². The van der Waals surface area contributed by atoms with Crippen LogP contribution in [0.15, 0.2) is 21.3 Å². The zero-order valence-corrected chi connectivity index (χ0v) is 13.5. The van der Waals surface area contributed by atoms with Gasteiger partial charge in [0.05, 0.1) is 16.4 Å². The number of hydrogen-bond donors (Lipinski definition) is 1. The van der Waals surface area contributed by atoms with E-state index >= 15 is 0 Å². The molecule has 2 heterocycles. The molecule has 0 aromatic carbocycles. The molecule has 0 saturated carbocycles. The van der Waals surface area contributed by atoms with Crippen molar-refractivity contribution < 1.29 is 4.74 Å². The molecule has 0 spiro atoms. The maximum absolute atomic E-state index is 5.09. The Morgan fingerprint density at radius 2 is 2.33 bits per heavy atom. The summed E-state index contributed by atoms with van der Waals surface area (Å²) in [5.74, 6) is 0. The van der Waals surface area contributed by atoms with Crippen molar-refractivity contribution >= 4 is 38.6 Å². The van der Waals surface area contributed by atoms with Gasteiger partial charge in [0.1, 0.15) is 5.01 Å². The van der Waals surface area contributed by atoms with Crippen molar-refractivity contribution in [2.45, 2.75) is 13.0 Å². The van der Waals surface area contributed by atoms with Gasteiger partial charge in [-0.15, -0.1) is 22.7 Å². The molecule has 2 rings (SSSR count). The molecule has 0 saturated heterocycles. The molecule has 2 aromatic heterocycles. The van der Waals surface area contributed by atoms with E-state index in [4.69, 9.17) is 4.74 Å². The highest BCUT2D eigenvalue weighted by Gasteiger charge is 2.18. The second-order valence-electron chi connectivity index (χ2n) is 3.85. The Morgan fingerprint density at radius 1 is 1.50 bits per heavy atom. The van der Waals surface area contributed by atoms with Gasteiger partial charge < -0.3 is 10.1 Å². The minimum Gasteiger partial charge on any atom is -0.383 e. The van der Waals surface area contributed by atoms with E-state index in [1.54, 1.807) is 29.8 Å². The van der Waals surface area contributed by atoms with Crippen LogP contribution in [0.5, 0.6) is 0 Å². The molecule has 0 amide bonds. The Labute approximate surface area is 123 Å². The molecule has 0 fully saturated rings. The van der Waals surface area contributed by atoms with E-state index in [2.05, 4.69) is 43.7 Å². The molecular weight excluding hydrogens is 332 g/mol. The molecule has 6 heteroatoms. The number of thiophene rings is 1. The Balaban J connectivity index is 2.17. The van der Waals surface area contributed by atoms with Gasteiger partial charge in [-0.25, -0.2) is 4.98 Å². The second-order valence-corrected chi connectivity index (χ2v) is 7.23. The summed E-state index contributed by atoms with van der Waals surface area (Å²) in [4.78, 5) is 5.85. The predicted molar refractivity (Wildman–Crippen MR) is 80.6 cm³/mol. The first-order chi connectivity index (χ1) is 8.70. The van der Waals surface area contributed by atoms with Crippen molar-refractivity contribution in [3.8, 4) is 0 Å². The van der Waals surface area contributed by atoms with Crippen LogP contribution in [-0.2, 0) is 4.74 Å². The lowest BCUT2D eigenvalue weighted by Gasteiger charge is -2.14. The van der Waals surface area contributed by atoms with Crippen LogP contribution in [0.2, 0.25) is 0 Å². The lowest BCUT2D eigenvalue weighted by molar-refractivity contribution is 0.197. The minimum atomic E-state index is 0.162. The number of nitrogens with one attached hydrogen (secondary N) is 1. The molecule has 1 N–H and O–H groups in total. The van der Waals surface area contributed by atoms with Gasteiger partial charge in [-0.1, -0.05) is 0 Å². The zero-order valence-electron chi connectivity index (χ0n) is 10.3. The summed E-state index contributed by atoms with van der Waals surface area (Å²) < 4.78 is 6.23. The Morgan fingerprint density at radius 3 is 2.89 bits per heavy atom. The van der Waals surface area contributed by atoms with Gasteiger partial charge in [0, 0.05) is 29.6 Å². The van der Waals surface area contributed by atoms with Crippen LogP contribution in [0.3, 0.4) is 0 Å². The smallest absolute Gasteiger partial charge is 0.115 e. The van der Waals surface area contributed by atoms with E-state index < -0.39 is 0 Å². The molecule has 1 atom stereocenters. The maximum atomic E-state index is 5.09. The van der Waals surface area contributed by atoms with Gasteiger partial charge in [0.2, 0.25) is 0 Å². The van der Waals surface area contributed by atoms with Crippen LogP contribution in [0.4, 0.5) is 0 Å². The van der Waals surface area contributed by atoms with Gasteiger partial charge in [0.25, 0.3) is 0 Å². The van der Waals surface area contributed by atoms with Crippen molar-refractivity contribution in [2.24, 2.45) is 0 Å². The lowest BCUT2D eigenvalue weighted by atomic mass is 10.2. The predicted octanol–water partition coefficient (Wildman–Crippen LogP) is 3.60. The average molecular weight is 347 g/mol. The van der Waals surface area contributed by atoms with Gasteiger partial charge in [-0.2, -0.15) is 0 Å². The molecule has 0 aliphatic rings. The van der Waals surface area contributed by atoms with Gasteiger partial charge in [-0.3, -0.25) is 0 Å². The molecule has 1 unspecified atom stereocenters. The summed E-state index contributed by atoms with van der Waals surface area (Å²) in [6.45, 7) is 3.54. The van der Waals surface area contributed by atoms with E-state index in [0.29, 0.717) is 6.61 Å². The minimum absolute atomic E-state index is 0.162. The number of methoxy groups -OCH3 is 1. The zero-order chi connectivity index (χ0) is 13.0. The summed E-state index contributed by atoms with van der Waals surface area (Å²) in [7, 11) is 1.71. The quantitative estimate of drug-likeness (QED) is 0.811. The Bertz CT molecular complexity index is 457. The standard InChI is InChI=1S/C12H15BrN2OS2/c1-8-7-17-12(15-8)11(14-5-6-16-2)9-3-4-10(13)18-9/h3-4,7,11,14H,5-6H2,1-2H3. The number of nitrogens with zero attached hydrogens (tertiary/aromatic N) is 1. The Hall–Kier alpha value is -0.270. The first kappa shape index (κ1) is 14.1. The van der Waals surface area contributed by atoms with Crippen molar-refractivity contribution in [2.75, 3.05) is 20.3 Å². The van der Waals surface area contributed by atoms with Gasteiger partial charge in [0.15, 0.2) is 0 Å². The second kappa shape index (κ2) is 6.77. The number of rotatable bonds is 6. The number of halogens is 1. The van der Waals surface area contributed by atoms with Crippen LogP contribution in [0.25, 0.3) is 0 Å². The third-order valence-corrected chi connectivity index (χ3v) is 5.13. The number of thiazole rings is 1. The number of aromatic nitrogens is 1. The van der Waals surface area contributed by atoms with Crippen LogP contribution in [-0.4, -0.2) is 25.2 Å². The topological polar surface area (TPSA) is 34.1 Å². The molecule has 2 aromatic rings. The molecule has 3 nitrogen and oxygen atoms in total. The summed E-state index contributed by atoms with van der Waals surface area (Å²) in [6, 6.07) is 4.37. The maximum Gasteiger partial charge on any atom is 0.115 e. The van der Waals surface area contributed by atoms with E-state index in [-0.39, 0.29) is 6.04 Å². The molecule has 0 aliphatic carbocycles. The fourth-order valence-electron chi connectivity index (χ4n) is 1.60. The van der Waals surface area contributed by atoms with Crippen molar-refractivity contribution in [1.82, 2.24) is 10.3 Å². The van der Waals surface area contributed by atoms with Gasteiger partial charge >= 0.3 is 0 Å². The van der Waals surface area contributed by atoms with E-state index in [1.807, 2.05) is 6.92 Å². The molecule has 98 valence electrons. The molecule has 18 heavy (non-hydrogen) atoms. The molecule has 0 bridgehead atoms. The molecule has 0 radical (unpaired) electrons. The Kier molecular flexibility index (Phi) is 5.32. The fraction of sp³-hybridized carbons (Fsp3) is 0.417. The largest absolute Gasteiger partial charge is 0.383 e. The van der Waals surface area contributed by atoms with Crippen LogP contribution < -0.4 is 5.32 Å². The highest BCUT2D eigenvalue weighted by atomic mass is 79.9. The third-order valence-electron chi connectivity index (χ3n) is 2.42. The first-order valence-electron chi connectivity index (χ1n) is 5.60. The monoisotopic (exact) mass is 346 g/mol. The van der Waals surface area contributed by atoms with Crippen LogP contribution in [0.1, 0.15) is 21.6 Å². The number of aryl methyl sites for hydroxylation is 1. The summed E-state index contributed by atoms with van der Waals surface area (Å²) >= 11 is 6.94. The summed E-state index contributed by atoms with van der Waals surface area (Å²) in [5.41, 5.74) is 1.07. The summed E-state index contributed by atoms with van der Waals surface area (Å²) in [5, 5.41) is 6.69. The van der Waals surface area contributed by atoms with E-state index in [1.165, 1.54) is 4.88 Å². The summed E-state index contributed by atoms with van der Waals surface area (Å²) in [6.07, 6.45) is 0. The highest BCUT2D eigenvalue weighted by Crippen LogP contribution is 2.32.